The van der Waals surface area contributed by atoms with Crippen molar-refractivity contribution in [3.8, 4) is 17.2 Å². The summed E-state index contributed by atoms with van der Waals surface area (Å²) in [5.41, 5.74) is 1.08. The molecule has 1 N–H and O–H groups in total. The van der Waals surface area contributed by atoms with Crippen molar-refractivity contribution >= 4 is 17.7 Å². The lowest BCUT2D eigenvalue weighted by Crippen LogP contribution is -2.17. The Morgan fingerprint density at radius 2 is 1.79 bits per heavy atom. The molecule has 0 aromatic heterocycles. The van der Waals surface area contributed by atoms with Gasteiger partial charge in [-0.1, -0.05) is 25.3 Å². The number of hydrogen-bond donors (Lipinski definition) is 1. The minimum Gasteiger partial charge on any atom is -0.493 e. The number of aliphatic carboxylic acids is 1. The Morgan fingerprint density at radius 3 is 2.42 bits per heavy atom. The molecule has 0 bridgehead atoms. The first kappa shape index (κ1) is 18.8. The van der Waals surface area contributed by atoms with E-state index in [1.165, 1.54) is 18.2 Å². The fraction of sp³-hybridized carbons (Fsp3) is 0.611. The second-order valence-corrected chi connectivity index (χ2v) is 7.14. The van der Waals surface area contributed by atoms with Gasteiger partial charge in [0.15, 0.2) is 11.5 Å². The summed E-state index contributed by atoms with van der Waals surface area (Å²) >= 11 is 1.54. The van der Waals surface area contributed by atoms with Crippen molar-refractivity contribution in [2.75, 3.05) is 27.1 Å². The molecule has 0 spiro atoms. The van der Waals surface area contributed by atoms with Crippen molar-refractivity contribution in [2.24, 2.45) is 0 Å². The molecule has 0 unspecified atom stereocenters. The molecule has 1 aromatic carbocycles. The molecule has 5 nitrogen and oxygen atoms in total. The molecule has 0 heterocycles. The van der Waals surface area contributed by atoms with Gasteiger partial charge in [-0.2, -0.15) is 0 Å². The van der Waals surface area contributed by atoms with Crippen LogP contribution >= 0.6 is 11.8 Å². The molecule has 1 saturated carbocycles. The molecular formula is C18H26O5S. The molecule has 2 atom stereocenters. The predicted octanol–water partition coefficient (Wildman–Crippen LogP) is 3.95. The predicted molar refractivity (Wildman–Crippen MR) is 95.8 cm³/mol. The van der Waals surface area contributed by atoms with E-state index in [0.29, 0.717) is 17.2 Å². The number of carboxylic acids is 1. The highest BCUT2D eigenvalue weighted by Gasteiger charge is 2.30. The van der Waals surface area contributed by atoms with Gasteiger partial charge in [0.05, 0.1) is 27.1 Å². The van der Waals surface area contributed by atoms with Gasteiger partial charge in [0.25, 0.3) is 0 Å². The Balaban J connectivity index is 2.39. The molecule has 134 valence electrons. The van der Waals surface area contributed by atoms with Crippen LogP contribution in [0, 0.1) is 0 Å². The number of benzene rings is 1. The van der Waals surface area contributed by atoms with Crippen LogP contribution in [0.3, 0.4) is 0 Å². The summed E-state index contributed by atoms with van der Waals surface area (Å²) in [6.07, 6.45) is 5.54. The summed E-state index contributed by atoms with van der Waals surface area (Å²) in [7, 11) is 4.85. The molecule has 1 aromatic rings. The van der Waals surface area contributed by atoms with Gasteiger partial charge < -0.3 is 19.3 Å². The molecule has 1 aliphatic carbocycles. The number of hydrogen-bond acceptors (Lipinski definition) is 5. The van der Waals surface area contributed by atoms with E-state index in [9.17, 15) is 4.79 Å². The number of methoxy groups -OCH3 is 3. The minimum atomic E-state index is -0.762. The molecule has 1 fully saturated rings. The van der Waals surface area contributed by atoms with Gasteiger partial charge in [0, 0.05) is 10.8 Å². The Bertz CT molecular complexity index is 561. The largest absolute Gasteiger partial charge is 0.493 e. The van der Waals surface area contributed by atoms with E-state index in [1.54, 1.807) is 21.3 Å². The lowest BCUT2D eigenvalue weighted by atomic mass is 9.90. The first-order chi connectivity index (χ1) is 11.6. The van der Waals surface area contributed by atoms with E-state index in [0.717, 1.165) is 31.2 Å². The van der Waals surface area contributed by atoms with Crippen molar-refractivity contribution in [1.29, 1.82) is 0 Å². The van der Waals surface area contributed by atoms with E-state index in [2.05, 4.69) is 0 Å². The molecule has 1 aliphatic rings. The lowest BCUT2D eigenvalue weighted by Gasteiger charge is -2.27. The summed E-state index contributed by atoms with van der Waals surface area (Å²) in [5, 5.41) is 9.31. The summed E-state index contributed by atoms with van der Waals surface area (Å²) in [6, 6.07) is 3.94. The Morgan fingerprint density at radius 1 is 1.08 bits per heavy atom. The van der Waals surface area contributed by atoms with Crippen LogP contribution in [0.4, 0.5) is 0 Å². The third-order valence-corrected chi connectivity index (χ3v) is 5.91. The first-order valence-electron chi connectivity index (χ1n) is 8.24. The Hall–Kier alpha value is -1.56. The van der Waals surface area contributed by atoms with E-state index in [4.69, 9.17) is 19.3 Å². The van der Waals surface area contributed by atoms with Gasteiger partial charge in [-0.3, -0.25) is 4.79 Å². The number of rotatable bonds is 7. The smallest absolute Gasteiger partial charge is 0.313 e. The Kier molecular flexibility index (Phi) is 7.09. The summed E-state index contributed by atoms with van der Waals surface area (Å²) in [5.74, 6) is 1.57. The molecule has 24 heavy (non-hydrogen) atoms. The molecular weight excluding hydrogens is 328 g/mol. The molecule has 0 saturated heterocycles. The zero-order chi connectivity index (χ0) is 17.5. The monoisotopic (exact) mass is 354 g/mol. The van der Waals surface area contributed by atoms with Crippen LogP contribution < -0.4 is 14.2 Å². The summed E-state index contributed by atoms with van der Waals surface area (Å²) < 4.78 is 16.5. The summed E-state index contributed by atoms with van der Waals surface area (Å²) in [4.78, 5) is 11.0. The quantitative estimate of drug-likeness (QED) is 0.748. The minimum absolute atomic E-state index is 0.136. The van der Waals surface area contributed by atoms with Crippen LogP contribution in [0.25, 0.3) is 0 Å². The maximum atomic E-state index is 11.0. The number of carbonyl (C=O) groups is 1. The zero-order valence-corrected chi connectivity index (χ0v) is 15.4. The molecule has 0 amide bonds. The van der Waals surface area contributed by atoms with Crippen molar-refractivity contribution in [2.45, 2.75) is 43.3 Å². The molecule has 0 radical (unpaired) electrons. The van der Waals surface area contributed by atoms with Crippen molar-refractivity contribution in [3.63, 3.8) is 0 Å². The van der Waals surface area contributed by atoms with Gasteiger partial charge in [-0.05, 0) is 24.8 Å². The topological polar surface area (TPSA) is 65.0 Å². The van der Waals surface area contributed by atoms with Crippen LogP contribution in [-0.4, -0.2) is 43.4 Å². The highest BCUT2D eigenvalue weighted by atomic mass is 32.2. The van der Waals surface area contributed by atoms with E-state index >= 15 is 0 Å². The summed E-state index contributed by atoms with van der Waals surface area (Å²) in [6.45, 7) is 0. The van der Waals surface area contributed by atoms with Crippen LogP contribution in [0.2, 0.25) is 0 Å². The normalized spacial score (nSPS) is 21.0. The van der Waals surface area contributed by atoms with Gasteiger partial charge >= 0.3 is 5.97 Å². The van der Waals surface area contributed by atoms with Crippen LogP contribution in [0.5, 0.6) is 17.2 Å². The van der Waals surface area contributed by atoms with E-state index in [-0.39, 0.29) is 16.9 Å². The fourth-order valence-corrected chi connectivity index (χ4v) is 4.63. The van der Waals surface area contributed by atoms with E-state index in [1.807, 2.05) is 12.1 Å². The van der Waals surface area contributed by atoms with Gasteiger partial charge in [-0.15, -0.1) is 11.8 Å². The second-order valence-electron chi connectivity index (χ2n) is 5.91. The number of carboxylic acid groups (broad SMARTS) is 1. The average Bonchev–Trinajstić information content (AvgIpc) is 2.83. The average molecular weight is 354 g/mol. The van der Waals surface area contributed by atoms with Crippen LogP contribution in [0.15, 0.2) is 12.1 Å². The van der Waals surface area contributed by atoms with Gasteiger partial charge in [-0.25, -0.2) is 0 Å². The molecule has 2 rings (SSSR count). The standard InChI is InChI=1S/C18H26O5S/c1-21-14-10-9-13(17(22-2)18(14)23-3)12-7-5-4-6-8-15(12)24-11-16(19)20/h9-10,12,15H,4-8,11H2,1-3H3,(H,19,20)/t12-,15+/m0/s1. The highest BCUT2D eigenvalue weighted by Crippen LogP contribution is 2.48. The van der Waals surface area contributed by atoms with Crippen molar-refractivity contribution in [1.82, 2.24) is 0 Å². The van der Waals surface area contributed by atoms with Crippen molar-refractivity contribution in [3.05, 3.63) is 17.7 Å². The SMILES string of the molecule is COc1ccc([C@@H]2CCCCC[C@H]2SCC(=O)O)c(OC)c1OC. The maximum Gasteiger partial charge on any atom is 0.313 e. The Labute approximate surface area is 147 Å². The number of thioether (sulfide) groups is 1. The molecule has 0 aliphatic heterocycles. The fourth-order valence-electron chi connectivity index (χ4n) is 3.42. The first-order valence-corrected chi connectivity index (χ1v) is 9.29. The van der Waals surface area contributed by atoms with Gasteiger partial charge in [0.1, 0.15) is 0 Å². The third-order valence-electron chi connectivity index (χ3n) is 4.51. The van der Waals surface area contributed by atoms with E-state index < -0.39 is 5.97 Å². The van der Waals surface area contributed by atoms with Crippen LogP contribution in [0.1, 0.15) is 43.6 Å². The lowest BCUT2D eigenvalue weighted by molar-refractivity contribution is -0.133. The third kappa shape index (κ3) is 4.29. The zero-order valence-electron chi connectivity index (χ0n) is 14.5. The second kappa shape index (κ2) is 9.06. The van der Waals surface area contributed by atoms with Crippen LogP contribution in [-0.2, 0) is 4.79 Å². The molecule has 6 heteroatoms. The van der Waals surface area contributed by atoms with Gasteiger partial charge in [0.2, 0.25) is 5.75 Å². The maximum absolute atomic E-state index is 11.0. The number of ether oxygens (including phenoxy) is 3. The van der Waals surface area contributed by atoms with Crippen molar-refractivity contribution < 1.29 is 24.1 Å². The highest BCUT2D eigenvalue weighted by molar-refractivity contribution is 8.00.